The number of methoxy groups -OCH3 is 1. The third kappa shape index (κ3) is 2.85. The third-order valence-electron chi connectivity index (χ3n) is 2.12. The van der Waals surface area contributed by atoms with Crippen LogP contribution in [-0.2, 0) is 0 Å². The van der Waals surface area contributed by atoms with Crippen molar-refractivity contribution in [1.29, 1.82) is 0 Å². The summed E-state index contributed by atoms with van der Waals surface area (Å²) in [6.07, 6.45) is 0. The smallest absolute Gasteiger partial charge is 0.214 e. The summed E-state index contributed by atoms with van der Waals surface area (Å²) in [6, 6.07) is 9.70. The number of aromatic nitrogens is 1. The van der Waals surface area contributed by atoms with E-state index in [4.69, 9.17) is 16.3 Å². The average Bonchev–Trinajstić information content (AvgIpc) is 2.34. The van der Waals surface area contributed by atoms with E-state index < -0.39 is 5.82 Å². The average molecular weight is 253 g/mol. The van der Waals surface area contributed by atoms with Gasteiger partial charge in [-0.15, -0.1) is 0 Å². The summed E-state index contributed by atoms with van der Waals surface area (Å²) in [4.78, 5) is 4.17. The maximum atomic E-state index is 13.0. The van der Waals surface area contributed by atoms with Gasteiger partial charge >= 0.3 is 0 Å². The van der Waals surface area contributed by atoms with E-state index in [1.165, 1.54) is 12.1 Å². The van der Waals surface area contributed by atoms with Crippen molar-refractivity contribution in [3.05, 3.63) is 47.2 Å². The summed E-state index contributed by atoms with van der Waals surface area (Å²) in [6.45, 7) is 0. The Kier molecular flexibility index (Phi) is 3.44. The number of halogens is 2. The molecule has 0 aliphatic carbocycles. The zero-order valence-corrected chi connectivity index (χ0v) is 9.83. The van der Waals surface area contributed by atoms with Crippen molar-refractivity contribution >= 4 is 23.1 Å². The van der Waals surface area contributed by atoms with E-state index in [2.05, 4.69) is 10.3 Å². The number of nitrogens with zero attached hydrogens (tertiary/aromatic N) is 1. The van der Waals surface area contributed by atoms with Gasteiger partial charge in [0.25, 0.3) is 0 Å². The first kappa shape index (κ1) is 11.7. The lowest BCUT2D eigenvalue weighted by Crippen LogP contribution is -1.95. The Balaban J connectivity index is 2.22. The lowest BCUT2D eigenvalue weighted by atomic mass is 10.3. The summed E-state index contributed by atoms with van der Waals surface area (Å²) in [5.41, 5.74) is 0.664. The SMILES string of the molecule is COc1cccc(Nc2ccc(F)c(Cl)c2)n1. The van der Waals surface area contributed by atoms with E-state index in [9.17, 15) is 4.39 Å². The summed E-state index contributed by atoms with van der Waals surface area (Å²) < 4.78 is 18.0. The molecule has 0 aliphatic rings. The van der Waals surface area contributed by atoms with Gasteiger partial charge in [0.15, 0.2) is 0 Å². The summed E-state index contributed by atoms with van der Waals surface area (Å²) in [5, 5.41) is 3.07. The second kappa shape index (κ2) is 5.01. The van der Waals surface area contributed by atoms with Crippen LogP contribution in [0.15, 0.2) is 36.4 Å². The highest BCUT2D eigenvalue weighted by atomic mass is 35.5. The van der Waals surface area contributed by atoms with E-state index in [1.807, 2.05) is 0 Å². The fourth-order valence-electron chi connectivity index (χ4n) is 1.32. The lowest BCUT2D eigenvalue weighted by molar-refractivity contribution is 0.398. The van der Waals surface area contributed by atoms with Gasteiger partial charge in [0.2, 0.25) is 5.88 Å². The van der Waals surface area contributed by atoms with Crippen LogP contribution in [0.3, 0.4) is 0 Å². The van der Waals surface area contributed by atoms with Gasteiger partial charge in [-0.3, -0.25) is 0 Å². The molecule has 2 rings (SSSR count). The Labute approximate surface area is 103 Å². The molecule has 1 heterocycles. The van der Waals surface area contributed by atoms with Crippen LogP contribution in [0.5, 0.6) is 5.88 Å². The minimum Gasteiger partial charge on any atom is -0.481 e. The molecule has 0 aliphatic heterocycles. The zero-order chi connectivity index (χ0) is 12.3. The van der Waals surface area contributed by atoms with Crippen molar-refractivity contribution in [2.45, 2.75) is 0 Å². The van der Waals surface area contributed by atoms with Crippen LogP contribution in [0, 0.1) is 5.82 Å². The second-order valence-corrected chi connectivity index (χ2v) is 3.73. The number of pyridine rings is 1. The number of hydrogen-bond donors (Lipinski definition) is 1. The number of nitrogens with one attached hydrogen (secondary N) is 1. The molecule has 17 heavy (non-hydrogen) atoms. The van der Waals surface area contributed by atoms with Gasteiger partial charge in [0.1, 0.15) is 11.6 Å². The molecule has 1 N–H and O–H groups in total. The van der Waals surface area contributed by atoms with Crippen molar-refractivity contribution in [2.75, 3.05) is 12.4 Å². The van der Waals surface area contributed by atoms with Gasteiger partial charge in [-0.2, -0.15) is 4.98 Å². The van der Waals surface area contributed by atoms with Crippen molar-refractivity contribution in [3.8, 4) is 5.88 Å². The Morgan fingerprint density at radius 3 is 2.82 bits per heavy atom. The van der Waals surface area contributed by atoms with Gasteiger partial charge in [-0.25, -0.2) is 4.39 Å². The predicted octanol–water partition coefficient (Wildman–Crippen LogP) is 3.63. The van der Waals surface area contributed by atoms with Crippen LogP contribution in [0.4, 0.5) is 15.9 Å². The van der Waals surface area contributed by atoms with Crippen LogP contribution >= 0.6 is 11.6 Å². The van der Waals surface area contributed by atoms with Crippen molar-refractivity contribution in [3.63, 3.8) is 0 Å². The number of benzene rings is 1. The molecule has 1 aromatic carbocycles. The number of rotatable bonds is 3. The predicted molar refractivity (Wildman–Crippen MR) is 65.5 cm³/mol. The molecule has 0 saturated carbocycles. The Hall–Kier alpha value is -1.81. The van der Waals surface area contributed by atoms with Crippen molar-refractivity contribution < 1.29 is 9.13 Å². The highest BCUT2D eigenvalue weighted by Gasteiger charge is 2.02. The van der Waals surface area contributed by atoms with Gasteiger partial charge in [-0.1, -0.05) is 17.7 Å². The summed E-state index contributed by atoms with van der Waals surface area (Å²) in [5.74, 6) is 0.658. The molecule has 0 radical (unpaired) electrons. The van der Waals surface area contributed by atoms with Crippen molar-refractivity contribution in [1.82, 2.24) is 4.98 Å². The first-order valence-electron chi connectivity index (χ1n) is 4.92. The van der Waals surface area contributed by atoms with Crippen molar-refractivity contribution in [2.24, 2.45) is 0 Å². The van der Waals surface area contributed by atoms with E-state index in [-0.39, 0.29) is 5.02 Å². The van der Waals surface area contributed by atoms with Gasteiger partial charge in [-0.05, 0) is 24.3 Å². The fraction of sp³-hybridized carbons (Fsp3) is 0.0833. The maximum absolute atomic E-state index is 13.0. The minimum atomic E-state index is -0.448. The Morgan fingerprint density at radius 2 is 2.12 bits per heavy atom. The van der Waals surface area contributed by atoms with Gasteiger partial charge < -0.3 is 10.1 Å². The molecule has 0 unspecified atom stereocenters. The van der Waals surface area contributed by atoms with E-state index in [0.29, 0.717) is 17.4 Å². The first-order chi connectivity index (χ1) is 8.19. The molecule has 0 bridgehead atoms. The van der Waals surface area contributed by atoms with Gasteiger partial charge in [0, 0.05) is 11.8 Å². The molecule has 3 nitrogen and oxygen atoms in total. The molecule has 88 valence electrons. The van der Waals surface area contributed by atoms with E-state index >= 15 is 0 Å². The fourth-order valence-corrected chi connectivity index (χ4v) is 1.50. The Bertz CT molecular complexity index is 534. The summed E-state index contributed by atoms with van der Waals surface area (Å²) >= 11 is 5.68. The number of hydrogen-bond acceptors (Lipinski definition) is 3. The molecule has 2 aromatic rings. The van der Waals surface area contributed by atoms with Crippen LogP contribution in [0.2, 0.25) is 5.02 Å². The van der Waals surface area contributed by atoms with Gasteiger partial charge in [0.05, 0.1) is 12.1 Å². The first-order valence-corrected chi connectivity index (χ1v) is 5.30. The molecule has 5 heteroatoms. The normalized spacial score (nSPS) is 10.1. The largest absolute Gasteiger partial charge is 0.481 e. The Morgan fingerprint density at radius 1 is 1.29 bits per heavy atom. The number of ether oxygens (including phenoxy) is 1. The highest BCUT2D eigenvalue weighted by molar-refractivity contribution is 6.31. The minimum absolute atomic E-state index is 0.0675. The standard InChI is InChI=1S/C12H10ClFN2O/c1-17-12-4-2-3-11(16-12)15-8-5-6-10(14)9(13)7-8/h2-7H,1H3,(H,15,16). The topological polar surface area (TPSA) is 34.1 Å². The lowest BCUT2D eigenvalue weighted by Gasteiger charge is -2.07. The molecule has 1 aromatic heterocycles. The van der Waals surface area contributed by atoms with Crippen LogP contribution in [0.25, 0.3) is 0 Å². The maximum Gasteiger partial charge on any atom is 0.214 e. The second-order valence-electron chi connectivity index (χ2n) is 3.32. The van der Waals surface area contributed by atoms with E-state index in [0.717, 1.165) is 0 Å². The monoisotopic (exact) mass is 252 g/mol. The van der Waals surface area contributed by atoms with Crippen LogP contribution < -0.4 is 10.1 Å². The molecule has 0 spiro atoms. The molecular formula is C12H10ClFN2O. The molecular weight excluding hydrogens is 243 g/mol. The molecule has 0 amide bonds. The van der Waals surface area contributed by atoms with Crippen LogP contribution in [0.1, 0.15) is 0 Å². The number of anilines is 2. The summed E-state index contributed by atoms with van der Waals surface area (Å²) in [7, 11) is 1.54. The molecule has 0 fully saturated rings. The molecule has 0 saturated heterocycles. The quantitative estimate of drug-likeness (QED) is 0.906. The van der Waals surface area contributed by atoms with E-state index in [1.54, 1.807) is 31.4 Å². The molecule has 0 atom stereocenters. The van der Waals surface area contributed by atoms with Crippen LogP contribution in [-0.4, -0.2) is 12.1 Å². The zero-order valence-electron chi connectivity index (χ0n) is 9.08. The highest BCUT2D eigenvalue weighted by Crippen LogP contribution is 2.22. The third-order valence-corrected chi connectivity index (χ3v) is 2.41.